The second-order valence-corrected chi connectivity index (χ2v) is 5.58. The Labute approximate surface area is 117 Å². The van der Waals surface area contributed by atoms with Crippen LogP contribution in [0.3, 0.4) is 0 Å². The third-order valence-electron chi connectivity index (χ3n) is 2.31. The van der Waals surface area contributed by atoms with Crippen molar-refractivity contribution in [2.75, 3.05) is 12.4 Å². The quantitative estimate of drug-likeness (QED) is 0.739. The van der Waals surface area contributed by atoms with Crippen LogP contribution in [-0.4, -0.2) is 29.2 Å². The highest BCUT2D eigenvalue weighted by molar-refractivity contribution is 9.10. The first-order valence-electron chi connectivity index (χ1n) is 4.75. The lowest BCUT2D eigenvalue weighted by molar-refractivity contribution is 0.0758. The molecule has 0 spiro atoms. The van der Waals surface area contributed by atoms with Crippen molar-refractivity contribution >= 4 is 49.4 Å². The highest BCUT2D eigenvalue weighted by atomic mass is 79.9. The van der Waals surface area contributed by atoms with E-state index in [1.807, 2.05) is 6.92 Å². The van der Waals surface area contributed by atoms with Gasteiger partial charge in [0.05, 0.1) is 0 Å². The summed E-state index contributed by atoms with van der Waals surface area (Å²) in [6.45, 7) is 1.98. The van der Waals surface area contributed by atoms with E-state index in [2.05, 4.69) is 31.9 Å². The Balaban J connectivity index is 2.96. The molecule has 1 aromatic carbocycles. The van der Waals surface area contributed by atoms with Gasteiger partial charge in [-0.1, -0.05) is 43.5 Å². The van der Waals surface area contributed by atoms with Gasteiger partial charge in [-0.15, -0.1) is 0 Å². The molecular weight excluding hydrogens is 357 g/mol. The van der Waals surface area contributed by atoms with Crippen molar-refractivity contribution in [1.29, 1.82) is 0 Å². The Morgan fingerprint density at radius 2 is 2.12 bits per heavy atom. The first kappa shape index (κ1) is 14.0. The first-order chi connectivity index (χ1) is 7.45. The number of hydrogen-bond donors (Lipinski definition) is 0. The fourth-order valence-electron chi connectivity index (χ4n) is 1.18. The average Bonchev–Trinajstić information content (AvgIpc) is 2.24. The van der Waals surface area contributed by atoms with Crippen molar-refractivity contribution in [3.05, 3.63) is 33.3 Å². The van der Waals surface area contributed by atoms with E-state index in [0.29, 0.717) is 10.6 Å². The molecule has 1 aromatic rings. The second kappa shape index (κ2) is 6.03. The van der Waals surface area contributed by atoms with Gasteiger partial charge in [-0.3, -0.25) is 4.79 Å². The number of hydrogen-bond acceptors (Lipinski definition) is 1. The van der Waals surface area contributed by atoms with Gasteiger partial charge in [-0.2, -0.15) is 0 Å². The van der Waals surface area contributed by atoms with Gasteiger partial charge in [0.1, 0.15) is 0 Å². The van der Waals surface area contributed by atoms with Crippen LogP contribution in [0.4, 0.5) is 0 Å². The van der Waals surface area contributed by atoms with E-state index in [1.165, 1.54) is 0 Å². The predicted molar refractivity (Wildman–Crippen MR) is 74.5 cm³/mol. The fraction of sp³-hybridized carbons (Fsp3) is 0.364. The van der Waals surface area contributed by atoms with E-state index in [9.17, 15) is 4.79 Å². The third kappa shape index (κ3) is 3.47. The molecule has 16 heavy (non-hydrogen) atoms. The highest BCUT2D eigenvalue weighted by Gasteiger charge is 2.17. The van der Waals surface area contributed by atoms with E-state index < -0.39 is 0 Å². The van der Waals surface area contributed by atoms with E-state index in [1.54, 1.807) is 30.1 Å². The van der Waals surface area contributed by atoms with E-state index >= 15 is 0 Å². The van der Waals surface area contributed by atoms with Gasteiger partial charge in [-0.05, 0) is 25.1 Å². The molecule has 0 aliphatic carbocycles. The zero-order valence-electron chi connectivity index (χ0n) is 9.01. The molecule has 0 aromatic heterocycles. The van der Waals surface area contributed by atoms with E-state index in [-0.39, 0.29) is 11.9 Å². The molecule has 1 atom stereocenters. The van der Waals surface area contributed by atoms with Crippen LogP contribution in [0.25, 0.3) is 0 Å². The molecule has 0 N–H and O–H groups in total. The molecule has 0 bridgehead atoms. The number of benzene rings is 1. The normalized spacial score (nSPS) is 12.3. The molecule has 0 aliphatic heterocycles. The van der Waals surface area contributed by atoms with Gasteiger partial charge in [0.2, 0.25) is 0 Å². The maximum atomic E-state index is 12.1. The van der Waals surface area contributed by atoms with Crippen molar-refractivity contribution in [3.63, 3.8) is 0 Å². The lowest BCUT2D eigenvalue weighted by atomic mass is 10.2. The highest BCUT2D eigenvalue weighted by Crippen LogP contribution is 2.21. The maximum Gasteiger partial charge on any atom is 0.253 e. The summed E-state index contributed by atoms with van der Waals surface area (Å²) in [6.07, 6.45) is 0. The largest absolute Gasteiger partial charge is 0.338 e. The molecule has 0 aliphatic rings. The molecule has 5 heteroatoms. The van der Waals surface area contributed by atoms with Gasteiger partial charge in [0.15, 0.2) is 0 Å². The lowest BCUT2D eigenvalue weighted by Gasteiger charge is -2.23. The molecule has 0 saturated carbocycles. The van der Waals surface area contributed by atoms with Crippen molar-refractivity contribution in [1.82, 2.24) is 4.90 Å². The first-order valence-corrected chi connectivity index (χ1v) is 7.04. The van der Waals surface area contributed by atoms with Crippen LogP contribution in [0.15, 0.2) is 22.7 Å². The van der Waals surface area contributed by atoms with Crippen molar-refractivity contribution in [2.24, 2.45) is 0 Å². The van der Waals surface area contributed by atoms with Crippen molar-refractivity contribution < 1.29 is 4.79 Å². The Kier molecular flexibility index (Phi) is 5.28. The van der Waals surface area contributed by atoms with Gasteiger partial charge >= 0.3 is 0 Å². The number of carbonyl (C=O) groups is 1. The molecule has 0 fully saturated rings. The van der Waals surface area contributed by atoms with Crippen LogP contribution < -0.4 is 0 Å². The number of amides is 1. The second-order valence-electron chi connectivity index (χ2n) is 3.58. The fourth-order valence-corrected chi connectivity index (χ4v) is 2.48. The molecule has 1 unspecified atom stereocenters. The Morgan fingerprint density at radius 1 is 1.50 bits per heavy atom. The van der Waals surface area contributed by atoms with Crippen LogP contribution in [0, 0.1) is 0 Å². The zero-order chi connectivity index (χ0) is 12.3. The zero-order valence-corrected chi connectivity index (χ0v) is 12.9. The summed E-state index contributed by atoms with van der Waals surface area (Å²) in [5.41, 5.74) is 0.592. The Bertz CT molecular complexity index is 377. The Morgan fingerprint density at radius 3 is 2.62 bits per heavy atom. The van der Waals surface area contributed by atoms with Crippen LogP contribution >= 0.6 is 43.5 Å². The number of rotatable bonds is 3. The summed E-state index contributed by atoms with van der Waals surface area (Å²) in [5.74, 6) is -0.0323. The van der Waals surface area contributed by atoms with Crippen LogP contribution in [0.1, 0.15) is 17.3 Å². The molecule has 2 nitrogen and oxygen atoms in total. The van der Waals surface area contributed by atoms with E-state index in [0.717, 1.165) is 9.80 Å². The van der Waals surface area contributed by atoms with Gasteiger partial charge < -0.3 is 4.90 Å². The monoisotopic (exact) mass is 367 g/mol. The molecule has 0 radical (unpaired) electrons. The molecule has 0 heterocycles. The number of carbonyl (C=O) groups excluding carboxylic acids is 1. The smallest absolute Gasteiger partial charge is 0.253 e. The molecular formula is C11H12Br2ClNO. The minimum atomic E-state index is -0.0323. The number of halogens is 3. The van der Waals surface area contributed by atoms with Gasteiger partial charge in [0.25, 0.3) is 5.91 Å². The summed E-state index contributed by atoms with van der Waals surface area (Å²) in [4.78, 5) is 13.8. The topological polar surface area (TPSA) is 20.3 Å². The van der Waals surface area contributed by atoms with Gasteiger partial charge in [0, 0.05) is 33.5 Å². The van der Waals surface area contributed by atoms with E-state index in [4.69, 9.17) is 11.6 Å². The Hall–Kier alpha value is -0.0600. The molecule has 0 saturated heterocycles. The SMILES string of the molecule is CC(CBr)N(C)C(=O)c1cc(Cl)cc(Br)c1. The van der Waals surface area contributed by atoms with Gasteiger partial charge in [-0.25, -0.2) is 0 Å². The minimum absolute atomic E-state index is 0.0323. The van der Waals surface area contributed by atoms with Crippen LogP contribution in [0.2, 0.25) is 5.02 Å². The summed E-state index contributed by atoms with van der Waals surface area (Å²) in [6, 6.07) is 5.34. The van der Waals surface area contributed by atoms with Crippen LogP contribution in [0.5, 0.6) is 0 Å². The minimum Gasteiger partial charge on any atom is -0.338 e. The third-order valence-corrected chi connectivity index (χ3v) is 3.93. The predicted octanol–water partition coefficient (Wildman–Crippen LogP) is 3.96. The molecule has 88 valence electrons. The standard InChI is InChI=1S/C11H12Br2ClNO/c1-7(6-12)15(2)11(16)8-3-9(13)5-10(14)4-8/h3-5,7H,6H2,1-2H3. The summed E-state index contributed by atoms with van der Waals surface area (Å²) in [7, 11) is 1.78. The van der Waals surface area contributed by atoms with Crippen molar-refractivity contribution in [2.45, 2.75) is 13.0 Å². The summed E-state index contributed by atoms with van der Waals surface area (Å²) >= 11 is 12.6. The summed E-state index contributed by atoms with van der Waals surface area (Å²) < 4.78 is 0.809. The number of alkyl halides is 1. The summed E-state index contributed by atoms with van der Waals surface area (Å²) in [5, 5.41) is 1.30. The molecule has 1 rings (SSSR count). The maximum absolute atomic E-state index is 12.1. The van der Waals surface area contributed by atoms with Crippen LogP contribution in [-0.2, 0) is 0 Å². The average molecular weight is 369 g/mol. The van der Waals surface area contributed by atoms with Crippen molar-refractivity contribution in [3.8, 4) is 0 Å². The molecule has 1 amide bonds. The lowest BCUT2D eigenvalue weighted by Crippen LogP contribution is -2.36. The number of nitrogens with zero attached hydrogens (tertiary/aromatic N) is 1.